The molecule has 0 fully saturated rings. The van der Waals surface area contributed by atoms with Crippen LogP contribution in [0, 0.1) is 0 Å². The van der Waals surface area contributed by atoms with Crippen molar-refractivity contribution < 1.29 is 27.4 Å². The number of rotatable bonds is 11. The first-order valence-corrected chi connectivity index (χ1v) is 11.6. The number of benzene rings is 3. The molecule has 174 valence electrons. The van der Waals surface area contributed by atoms with Crippen molar-refractivity contribution >= 4 is 21.6 Å². The van der Waals surface area contributed by atoms with Gasteiger partial charge in [0.15, 0.2) is 11.5 Å². The van der Waals surface area contributed by atoms with Gasteiger partial charge >= 0.3 is 0 Å². The Labute approximate surface area is 193 Å². The van der Waals surface area contributed by atoms with Gasteiger partial charge in [0.2, 0.25) is 5.91 Å². The maximum absolute atomic E-state index is 13.5. The largest absolute Gasteiger partial charge is 0.493 e. The zero-order valence-electron chi connectivity index (χ0n) is 18.4. The highest BCUT2D eigenvalue weighted by molar-refractivity contribution is 7.92. The second-order valence-corrected chi connectivity index (χ2v) is 8.74. The van der Waals surface area contributed by atoms with Crippen molar-refractivity contribution in [2.24, 2.45) is 0 Å². The summed E-state index contributed by atoms with van der Waals surface area (Å²) in [5.74, 6) is 0.904. The molecule has 8 nitrogen and oxygen atoms in total. The van der Waals surface area contributed by atoms with Crippen LogP contribution < -0.4 is 23.8 Å². The molecule has 0 radical (unpaired) electrons. The number of methoxy groups -OCH3 is 2. The van der Waals surface area contributed by atoms with Crippen LogP contribution in [0.15, 0.2) is 83.8 Å². The fourth-order valence-electron chi connectivity index (χ4n) is 3.08. The van der Waals surface area contributed by atoms with Gasteiger partial charge in [-0.05, 0) is 36.4 Å². The molecule has 3 aromatic carbocycles. The van der Waals surface area contributed by atoms with Crippen molar-refractivity contribution in [3.63, 3.8) is 0 Å². The Balaban J connectivity index is 1.75. The second kappa shape index (κ2) is 11.2. The van der Waals surface area contributed by atoms with Crippen molar-refractivity contribution in [1.82, 2.24) is 5.32 Å². The molecule has 0 aromatic heterocycles. The first-order valence-electron chi connectivity index (χ1n) is 10.2. The number of para-hydroxylation sites is 2. The summed E-state index contributed by atoms with van der Waals surface area (Å²) in [5, 5.41) is 2.70. The molecule has 3 aromatic rings. The fourth-order valence-corrected chi connectivity index (χ4v) is 4.51. The maximum Gasteiger partial charge on any atom is 0.264 e. The van der Waals surface area contributed by atoms with E-state index in [1.165, 1.54) is 32.4 Å². The first-order chi connectivity index (χ1) is 16.0. The summed E-state index contributed by atoms with van der Waals surface area (Å²) in [6, 6.07) is 21.9. The van der Waals surface area contributed by atoms with Crippen molar-refractivity contribution in [1.29, 1.82) is 0 Å². The summed E-state index contributed by atoms with van der Waals surface area (Å²) in [6.07, 6.45) is 0. The van der Waals surface area contributed by atoms with Crippen LogP contribution in [0.1, 0.15) is 0 Å². The van der Waals surface area contributed by atoms with Gasteiger partial charge in [-0.1, -0.05) is 36.4 Å². The Morgan fingerprint density at radius 1 is 0.879 bits per heavy atom. The molecular weight excluding hydrogens is 444 g/mol. The van der Waals surface area contributed by atoms with Crippen molar-refractivity contribution in [3.05, 3.63) is 78.9 Å². The molecule has 0 saturated heterocycles. The van der Waals surface area contributed by atoms with Gasteiger partial charge in [0.05, 0.1) is 31.3 Å². The molecule has 0 saturated carbocycles. The number of carbonyl (C=O) groups is 1. The van der Waals surface area contributed by atoms with Gasteiger partial charge in [-0.2, -0.15) is 0 Å². The average Bonchev–Trinajstić information content (AvgIpc) is 2.85. The average molecular weight is 471 g/mol. The van der Waals surface area contributed by atoms with Gasteiger partial charge in [-0.3, -0.25) is 9.10 Å². The summed E-state index contributed by atoms with van der Waals surface area (Å²) >= 11 is 0. The molecule has 0 bridgehead atoms. The quantitative estimate of drug-likeness (QED) is 0.433. The molecular formula is C24H26N2O6S. The monoisotopic (exact) mass is 470 g/mol. The van der Waals surface area contributed by atoms with E-state index >= 15 is 0 Å². The van der Waals surface area contributed by atoms with E-state index in [0.717, 1.165) is 4.31 Å². The van der Waals surface area contributed by atoms with E-state index in [4.69, 9.17) is 14.2 Å². The lowest BCUT2D eigenvalue weighted by molar-refractivity contribution is -0.119. The molecule has 0 atom stereocenters. The van der Waals surface area contributed by atoms with E-state index < -0.39 is 22.5 Å². The highest BCUT2D eigenvalue weighted by Gasteiger charge is 2.28. The lowest BCUT2D eigenvalue weighted by Gasteiger charge is -2.24. The molecule has 0 spiro atoms. The number of hydrogen-bond acceptors (Lipinski definition) is 6. The molecule has 1 amide bonds. The van der Waals surface area contributed by atoms with Gasteiger partial charge in [0.1, 0.15) is 18.9 Å². The third-order valence-corrected chi connectivity index (χ3v) is 6.48. The zero-order chi connectivity index (χ0) is 23.7. The summed E-state index contributed by atoms with van der Waals surface area (Å²) in [4.78, 5) is 12.6. The Hall–Kier alpha value is -3.72. The first kappa shape index (κ1) is 23.9. The Kier molecular flexibility index (Phi) is 8.15. The standard InChI is InChI=1S/C24H26N2O6S/c1-30-22-14-13-21(17-23(22)31-2)33(28,29)26(19-9-5-3-6-10-19)18-24(27)25-15-16-32-20-11-7-4-8-12-20/h3-14,17H,15-16,18H2,1-2H3,(H,25,27). The summed E-state index contributed by atoms with van der Waals surface area (Å²) in [5.41, 5.74) is 0.364. The van der Waals surface area contributed by atoms with E-state index in [-0.39, 0.29) is 23.8 Å². The van der Waals surface area contributed by atoms with Gasteiger partial charge in [0.25, 0.3) is 10.0 Å². The number of hydrogen-bond donors (Lipinski definition) is 1. The molecule has 1 N–H and O–H groups in total. The van der Waals surface area contributed by atoms with Crippen LogP contribution in [-0.2, 0) is 14.8 Å². The van der Waals surface area contributed by atoms with E-state index in [9.17, 15) is 13.2 Å². The number of amides is 1. The minimum atomic E-state index is -4.07. The predicted molar refractivity (Wildman–Crippen MR) is 125 cm³/mol. The van der Waals surface area contributed by atoms with Crippen LogP contribution in [0.5, 0.6) is 17.2 Å². The minimum Gasteiger partial charge on any atom is -0.493 e. The molecule has 0 unspecified atom stereocenters. The number of nitrogens with zero attached hydrogens (tertiary/aromatic N) is 1. The van der Waals surface area contributed by atoms with Gasteiger partial charge in [0, 0.05) is 6.07 Å². The van der Waals surface area contributed by atoms with E-state index in [1.54, 1.807) is 30.3 Å². The normalized spacial score (nSPS) is 10.8. The molecule has 33 heavy (non-hydrogen) atoms. The molecule has 0 aliphatic heterocycles. The van der Waals surface area contributed by atoms with Gasteiger partial charge in [-0.15, -0.1) is 0 Å². The summed E-state index contributed by atoms with van der Waals surface area (Å²) < 4.78 is 44.0. The number of nitrogens with one attached hydrogen (secondary N) is 1. The van der Waals surface area contributed by atoms with Crippen LogP contribution in [0.4, 0.5) is 5.69 Å². The topological polar surface area (TPSA) is 94.2 Å². The van der Waals surface area contributed by atoms with Gasteiger partial charge < -0.3 is 19.5 Å². The number of carbonyl (C=O) groups excluding carboxylic acids is 1. The SMILES string of the molecule is COc1ccc(S(=O)(=O)N(CC(=O)NCCOc2ccccc2)c2ccccc2)cc1OC. The zero-order valence-corrected chi connectivity index (χ0v) is 19.2. The number of sulfonamides is 1. The van der Waals surface area contributed by atoms with Crippen LogP contribution in [0.25, 0.3) is 0 Å². The van der Waals surface area contributed by atoms with Crippen LogP contribution in [-0.4, -0.2) is 48.2 Å². The minimum absolute atomic E-state index is 0.0239. The summed E-state index contributed by atoms with van der Waals surface area (Å²) in [6.45, 7) is 0.0856. The van der Waals surface area contributed by atoms with Gasteiger partial charge in [-0.25, -0.2) is 8.42 Å². The Morgan fingerprint density at radius 2 is 1.52 bits per heavy atom. The fraction of sp³-hybridized carbons (Fsp3) is 0.208. The smallest absolute Gasteiger partial charge is 0.264 e. The van der Waals surface area contributed by atoms with E-state index in [2.05, 4.69) is 5.32 Å². The molecule has 9 heteroatoms. The Morgan fingerprint density at radius 3 is 2.15 bits per heavy atom. The molecule has 3 rings (SSSR count). The van der Waals surface area contributed by atoms with Crippen LogP contribution in [0.2, 0.25) is 0 Å². The van der Waals surface area contributed by atoms with Crippen molar-refractivity contribution in [3.8, 4) is 17.2 Å². The number of ether oxygens (including phenoxy) is 3. The van der Waals surface area contributed by atoms with Crippen molar-refractivity contribution in [2.45, 2.75) is 4.90 Å². The third-order valence-electron chi connectivity index (χ3n) is 4.71. The van der Waals surface area contributed by atoms with Crippen LogP contribution in [0.3, 0.4) is 0 Å². The van der Waals surface area contributed by atoms with E-state index in [0.29, 0.717) is 17.2 Å². The lowest BCUT2D eigenvalue weighted by atomic mass is 10.3. The molecule has 0 aliphatic rings. The molecule has 0 heterocycles. The Bertz CT molecular complexity index is 1150. The number of anilines is 1. The second-order valence-electron chi connectivity index (χ2n) is 6.88. The maximum atomic E-state index is 13.5. The van der Waals surface area contributed by atoms with E-state index in [1.807, 2.05) is 30.3 Å². The predicted octanol–water partition coefficient (Wildman–Crippen LogP) is 3.09. The molecule has 0 aliphatic carbocycles. The highest BCUT2D eigenvalue weighted by Crippen LogP contribution is 2.32. The summed E-state index contributed by atoms with van der Waals surface area (Å²) in [7, 11) is -1.18. The van der Waals surface area contributed by atoms with Crippen molar-refractivity contribution in [2.75, 3.05) is 38.2 Å². The van der Waals surface area contributed by atoms with Crippen LogP contribution >= 0.6 is 0 Å². The highest BCUT2D eigenvalue weighted by atomic mass is 32.2. The lowest BCUT2D eigenvalue weighted by Crippen LogP contribution is -2.41. The third kappa shape index (κ3) is 6.17.